The molecule has 12 aromatic rings. The molecule has 0 radical (unpaired) electrons. The maximum atomic E-state index is 6.22. The Bertz CT molecular complexity index is 3490. The van der Waals surface area contributed by atoms with Crippen molar-refractivity contribution < 1.29 is 4.42 Å². The minimum absolute atomic E-state index is 0.915. The first-order chi connectivity index (χ1) is 27.3. The van der Waals surface area contributed by atoms with E-state index in [0.29, 0.717) is 0 Å². The molecule has 0 atom stereocenters. The van der Waals surface area contributed by atoms with E-state index in [1.807, 2.05) is 12.1 Å². The van der Waals surface area contributed by atoms with Crippen LogP contribution in [0.15, 0.2) is 199 Å². The van der Waals surface area contributed by atoms with Gasteiger partial charge in [0.1, 0.15) is 11.2 Å². The Hall–Kier alpha value is -7.36. The van der Waals surface area contributed by atoms with E-state index < -0.39 is 0 Å². The number of benzene rings is 9. The molecule has 0 N–H and O–H groups in total. The van der Waals surface area contributed by atoms with Gasteiger partial charge in [0.15, 0.2) is 0 Å². The zero-order valence-electron chi connectivity index (χ0n) is 29.8. The van der Waals surface area contributed by atoms with Gasteiger partial charge in [-0.2, -0.15) is 0 Å². The first kappa shape index (κ1) is 30.1. The Kier molecular flexibility index (Phi) is 6.34. The molecule has 0 amide bonds. The van der Waals surface area contributed by atoms with E-state index in [2.05, 4.69) is 191 Å². The Morgan fingerprint density at radius 1 is 0.309 bits per heavy atom. The first-order valence-electron chi connectivity index (χ1n) is 18.8. The lowest BCUT2D eigenvalue weighted by Gasteiger charge is -2.12. The normalized spacial score (nSPS) is 12.0. The molecule has 3 nitrogen and oxygen atoms in total. The highest BCUT2D eigenvalue weighted by molar-refractivity contribution is 6.14. The largest absolute Gasteiger partial charge is 0.456 e. The van der Waals surface area contributed by atoms with Gasteiger partial charge in [0.2, 0.25) is 0 Å². The molecular formula is C52H32N2O. The molecule has 55 heavy (non-hydrogen) atoms. The van der Waals surface area contributed by atoms with Crippen molar-refractivity contribution >= 4 is 76.3 Å². The maximum absolute atomic E-state index is 6.22. The molecule has 0 spiro atoms. The molecule has 256 valence electrons. The standard InChI is InChI=1S/C52H32N2O/c1-2-11-38(12-3-1)53-46-17-7-4-13-41(46)43-27-24-35(31-48(43)53)36-25-28-44-42-14-5-8-18-47(42)54(49(44)32-36)39-26-23-33-29-37(22-21-34(33)30-39)40-16-10-20-51-52(40)45-15-6-9-19-50(45)55-51/h1-32H. The second-order valence-corrected chi connectivity index (χ2v) is 14.5. The summed E-state index contributed by atoms with van der Waals surface area (Å²) >= 11 is 0. The fraction of sp³-hybridized carbons (Fsp3) is 0. The average molecular weight is 701 g/mol. The number of hydrogen-bond acceptors (Lipinski definition) is 1. The van der Waals surface area contributed by atoms with Gasteiger partial charge in [0.05, 0.1) is 22.1 Å². The second kappa shape index (κ2) is 11.6. The van der Waals surface area contributed by atoms with Gasteiger partial charge >= 0.3 is 0 Å². The zero-order valence-corrected chi connectivity index (χ0v) is 29.8. The molecule has 0 aliphatic rings. The van der Waals surface area contributed by atoms with E-state index in [1.54, 1.807) is 0 Å². The minimum atomic E-state index is 0.915. The van der Waals surface area contributed by atoms with E-state index >= 15 is 0 Å². The summed E-state index contributed by atoms with van der Waals surface area (Å²) in [6.07, 6.45) is 0. The Labute approximate surface area is 316 Å². The van der Waals surface area contributed by atoms with Crippen LogP contribution in [0.3, 0.4) is 0 Å². The van der Waals surface area contributed by atoms with Crippen molar-refractivity contribution in [2.24, 2.45) is 0 Å². The summed E-state index contributed by atoms with van der Waals surface area (Å²) in [6, 6.07) is 70.4. The lowest BCUT2D eigenvalue weighted by atomic mass is 9.97. The van der Waals surface area contributed by atoms with Gasteiger partial charge in [-0.1, -0.05) is 127 Å². The van der Waals surface area contributed by atoms with E-state index in [0.717, 1.165) is 33.3 Å². The Morgan fingerprint density at radius 2 is 0.855 bits per heavy atom. The van der Waals surface area contributed by atoms with Crippen molar-refractivity contribution in [3.8, 4) is 33.6 Å². The van der Waals surface area contributed by atoms with Crippen molar-refractivity contribution in [1.82, 2.24) is 9.13 Å². The van der Waals surface area contributed by atoms with E-state index in [-0.39, 0.29) is 0 Å². The summed E-state index contributed by atoms with van der Waals surface area (Å²) in [5, 5.41) is 9.73. The number of fused-ring (bicyclic) bond motifs is 10. The highest BCUT2D eigenvalue weighted by Crippen LogP contribution is 2.40. The van der Waals surface area contributed by atoms with Crippen LogP contribution in [-0.2, 0) is 0 Å². The van der Waals surface area contributed by atoms with E-state index in [9.17, 15) is 0 Å². The molecule has 0 aliphatic heterocycles. The highest BCUT2D eigenvalue weighted by atomic mass is 16.3. The summed E-state index contributed by atoms with van der Waals surface area (Å²) in [6.45, 7) is 0. The lowest BCUT2D eigenvalue weighted by molar-refractivity contribution is 0.669. The number of nitrogens with zero attached hydrogens (tertiary/aromatic N) is 2. The second-order valence-electron chi connectivity index (χ2n) is 14.5. The minimum Gasteiger partial charge on any atom is -0.456 e. The molecule has 0 unspecified atom stereocenters. The lowest BCUT2D eigenvalue weighted by Crippen LogP contribution is -1.94. The summed E-state index contributed by atoms with van der Waals surface area (Å²) in [5.41, 5.74) is 13.7. The number of aromatic nitrogens is 2. The number of furan rings is 1. The molecule has 0 fully saturated rings. The molecule has 0 bridgehead atoms. The SMILES string of the molecule is c1ccc(-n2c3ccccc3c3ccc(-c4ccc5c6ccccc6n(-c6ccc7cc(-c8cccc9oc%10ccccc%10c89)ccc7c6)c5c4)cc32)cc1. The number of rotatable bonds is 4. The van der Waals surface area contributed by atoms with Gasteiger partial charge in [-0.25, -0.2) is 0 Å². The smallest absolute Gasteiger partial charge is 0.136 e. The maximum Gasteiger partial charge on any atom is 0.136 e. The van der Waals surface area contributed by atoms with Gasteiger partial charge in [-0.05, 0) is 99.8 Å². The highest BCUT2D eigenvalue weighted by Gasteiger charge is 2.17. The third kappa shape index (κ3) is 4.50. The van der Waals surface area contributed by atoms with Crippen molar-refractivity contribution in [3.05, 3.63) is 194 Å². The molecule has 12 rings (SSSR count). The van der Waals surface area contributed by atoms with Gasteiger partial charge in [-0.3, -0.25) is 0 Å². The van der Waals surface area contributed by atoms with E-state index in [1.165, 1.54) is 76.6 Å². The van der Waals surface area contributed by atoms with Crippen LogP contribution < -0.4 is 0 Å². The summed E-state index contributed by atoms with van der Waals surface area (Å²) < 4.78 is 11.0. The van der Waals surface area contributed by atoms with Crippen LogP contribution in [0.1, 0.15) is 0 Å². The van der Waals surface area contributed by atoms with Crippen LogP contribution in [0, 0.1) is 0 Å². The molecule has 0 saturated carbocycles. The molecule has 3 aromatic heterocycles. The van der Waals surface area contributed by atoms with Gasteiger partial charge in [-0.15, -0.1) is 0 Å². The van der Waals surface area contributed by atoms with Crippen molar-refractivity contribution in [1.29, 1.82) is 0 Å². The molecule has 9 aromatic carbocycles. The van der Waals surface area contributed by atoms with Crippen LogP contribution in [-0.4, -0.2) is 9.13 Å². The Morgan fingerprint density at radius 3 is 1.58 bits per heavy atom. The first-order valence-corrected chi connectivity index (χ1v) is 18.8. The van der Waals surface area contributed by atoms with E-state index in [4.69, 9.17) is 4.42 Å². The van der Waals surface area contributed by atoms with Crippen molar-refractivity contribution in [2.45, 2.75) is 0 Å². The van der Waals surface area contributed by atoms with Gasteiger partial charge in [0, 0.05) is 43.7 Å². The molecule has 3 heteroatoms. The molecule has 3 heterocycles. The summed E-state index contributed by atoms with van der Waals surface area (Å²) in [7, 11) is 0. The van der Waals surface area contributed by atoms with Crippen LogP contribution in [0.5, 0.6) is 0 Å². The fourth-order valence-electron chi connectivity index (χ4n) is 8.99. The predicted molar refractivity (Wildman–Crippen MR) is 231 cm³/mol. The van der Waals surface area contributed by atoms with Crippen LogP contribution in [0.25, 0.3) is 110 Å². The Balaban J connectivity index is 1.01. The monoisotopic (exact) mass is 700 g/mol. The topological polar surface area (TPSA) is 23.0 Å². The van der Waals surface area contributed by atoms with Crippen molar-refractivity contribution in [3.63, 3.8) is 0 Å². The van der Waals surface area contributed by atoms with Gasteiger partial charge < -0.3 is 13.6 Å². The average Bonchev–Trinajstić information content (AvgIpc) is 3.91. The quantitative estimate of drug-likeness (QED) is 0.179. The molecular weight excluding hydrogens is 669 g/mol. The van der Waals surface area contributed by atoms with Crippen LogP contribution in [0.2, 0.25) is 0 Å². The van der Waals surface area contributed by atoms with Crippen LogP contribution >= 0.6 is 0 Å². The number of hydrogen-bond donors (Lipinski definition) is 0. The zero-order chi connectivity index (χ0) is 36.0. The van der Waals surface area contributed by atoms with Crippen LogP contribution in [0.4, 0.5) is 0 Å². The fourth-order valence-corrected chi connectivity index (χ4v) is 8.99. The molecule has 0 aliphatic carbocycles. The summed E-state index contributed by atoms with van der Waals surface area (Å²) in [4.78, 5) is 0. The number of para-hydroxylation sites is 4. The molecule has 0 saturated heterocycles. The van der Waals surface area contributed by atoms with Crippen molar-refractivity contribution in [2.75, 3.05) is 0 Å². The summed E-state index contributed by atoms with van der Waals surface area (Å²) in [5.74, 6) is 0. The predicted octanol–water partition coefficient (Wildman–Crippen LogP) is 14.3. The third-order valence-electron chi connectivity index (χ3n) is 11.5. The third-order valence-corrected chi connectivity index (χ3v) is 11.5. The van der Waals surface area contributed by atoms with Gasteiger partial charge in [0.25, 0.3) is 0 Å².